The molecule has 0 saturated heterocycles. The number of fused-ring (bicyclic) bond motifs is 3. The lowest BCUT2D eigenvalue weighted by Crippen LogP contribution is -2.70. The summed E-state index contributed by atoms with van der Waals surface area (Å²) >= 11 is 0. The van der Waals surface area contributed by atoms with Gasteiger partial charge in [-0.3, -0.25) is 9.69 Å². The number of aldehydes is 1. The first-order valence-electron chi connectivity index (χ1n) is 28.3. The number of unbranched alkanes of at least 4 members (excludes halogenated alkanes) is 11. The first kappa shape index (κ1) is 55.9. The largest absolute Gasteiger partial charge is 0.459 e. The van der Waals surface area contributed by atoms with E-state index in [-0.39, 0.29) is 63.8 Å². The molecule has 11 nitrogen and oxygen atoms in total. The lowest BCUT2D eigenvalue weighted by Gasteiger charge is -2.60. The van der Waals surface area contributed by atoms with E-state index in [1.807, 2.05) is 71.6 Å². The molecule has 1 fully saturated rings. The molecule has 8 rings (SSSR count). The van der Waals surface area contributed by atoms with Gasteiger partial charge in [-0.2, -0.15) is 0 Å². The third kappa shape index (κ3) is 14.0. The van der Waals surface area contributed by atoms with Gasteiger partial charge < -0.3 is 34.0 Å². The minimum absolute atomic E-state index is 0.00189. The number of aliphatic hydroxyl groups excluding tert-OH is 2. The zero-order chi connectivity index (χ0) is 53.0. The van der Waals surface area contributed by atoms with Crippen molar-refractivity contribution in [2.75, 3.05) is 26.4 Å². The molecule has 0 aromatic heterocycles. The zero-order valence-corrected chi connectivity index (χ0v) is 44.7. The number of oxime groups is 1. The van der Waals surface area contributed by atoms with Crippen LogP contribution in [0, 0.1) is 17.8 Å². The molecular formula is C65H80N2O9. The van der Waals surface area contributed by atoms with E-state index in [0.717, 1.165) is 84.3 Å². The predicted octanol–water partition coefficient (Wildman–Crippen LogP) is 14.8. The summed E-state index contributed by atoms with van der Waals surface area (Å²) in [5.74, 6) is -0.565. The van der Waals surface area contributed by atoms with Gasteiger partial charge in [-0.25, -0.2) is 4.79 Å². The lowest BCUT2D eigenvalue weighted by molar-refractivity contribution is -0.256. The number of aliphatic hydroxyl groups is 2. The summed E-state index contributed by atoms with van der Waals surface area (Å²) in [6.07, 6.45) is 20.8. The van der Waals surface area contributed by atoms with Crippen LogP contribution < -0.4 is 9.47 Å². The molecule has 1 amide bonds. The number of rotatable bonds is 31. The summed E-state index contributed by atoms with van der Waals surface area (Å²) in [6.45, 7) is 7.39. The van der Waals surface area contributed by atoms with Gasteiger partial charge >= 0.3 is 6.09 Å². The normalized spacial score (nSPS) is 21.0. The van der Waals surface area contributed by atoms with Gasteiger partial charge in [0, 0.05) is 36.7 Å². The van der Waals surface area contributed by atoms with Crippen LogP contribution in [-0.4, -0.2) is 71.5 Å². The van der Waals surface area contributed by atoms with Crippen LogP contribution in [0.15, 0.2) is 145 Å². The average molecular weight is 1030 g/mol. The van der Waals surface area contributed by atoms with E-state index in [1.165, 1.54) is 44.9 Å². The Hall–Kier alpha value is -6.27. The molecule has 2 aliphatic carbocycles. The summed E-state index contributed by atoms with van der Waals surface area (Å²) in [6, 6.07) is 36.6. The predicted molar refractivity (Wildman–Crippen MR) is 301 cm³/mol. The van der Waals surface area contributed by atoms with Crippen molar-refractivity contribution in [3.8, 4) is 17.2 Å². The molecule has 0 spiro atoms. The molecule has 0 radical (unpaired) electrons. The van der Waals surface area contributed by atoms with Crippen molar-refractivity contribution in [2.24, 2.45) is 22.9 Å². The smallest absolute Gasteiger partial charge is 0.410 e. The van der Waals surface area contributed by atoms with E-state index in [0.29, 0.717) is 41.4 Å². The first-order chi connectivity index (χ1) is 37.4. The van der Waals surface area contributed by atoms with E-state index in [9.17, 15) is 15.0 Å². The van der Waals surface area contributed by atoms with Crippen LogP contribution in [0.1, 0.15) is 149 Å². The van der Waals surface area contributed by atoms with Gasteiger partial charge in [0.1, 0.15) is 36.2 Å². The Morgan fingerprint density at radius 2 is 1.50 bits per heavy atom. The molecule has 0 bridgehead atoms. The third-order valence-electron chi connectivity index (χ3n) is 15.7. The molecule has 6 atom stereocenters. The summed E-state index contributed by atoms with van der Waals surface area (Å²) in [4.78, 5) is 35.5. The second-order valence-corrected chi connectivity index (χ2v) is 20.9. The van der Waals surface area contributed by atoms with E-state index in [2.05, 4.69) is 49.9 Å². The molecule has 0 unspecified atom stereocenters. The number of ether oxygens (including phenoxy) is 4. The quantitative estimate of drug-likeness (QED) is 0.0192. The Bertz CT molecular complexity index is 2700. The van der Waals surface area contributed by atoms with Crippen molar-refractivity contribution in [1.29, 1.82) is 0 Å². The van der Waals surface area contributed by atoms with Crippen molar-refractivity contribution >= 4 is 28.9 Å². The van der Waals surface area contributed by atoms with Crippen molar-refractivity contribution in [1.82, 2.24) is 4.90 Å². The molecule has 3 aliphatic rings. The van der Waals surface area contributed by atoms with Crippen LogP contribution in [0.4, 0.5) is 4.79 Å². The number of allylic oxidation sites excluding steroid dienone is 1. The standard InChI is InChI=1S/C65H80N2O9/c1-3-5-6-7-8-9-10-11-12-22-40-72-64(71)67(45-52-31-24-30-50-28-16-17-33-55(50)52)61-44-59(66-74-47-48-25-14-13-15-26-48)57-42-51(29-18-20-37-68)56(34-19-21-38-69)62-58-43-54(75-53-32-23-27-49(41-53)46-70)35-36-60(58)76-65(61,63(57)62)73-39-4-2/h4,13-17,23-28,30-33,35-36,41-43,46,51,56,61-63,68-69H,2-3,5-12,18-22,29,34,37-40,44-45,47H2,1H3/t51-,56+,61-,62+,63+,65+/m0/s1. The number of hydrogen-bond acceptors (Lipinski definition) is 10. The molecule has 1 aliphatic heterocycles. The van der Waals surface area contributed by atoms with Gasteiger partial charge in [0.05, 0.1) is 31.4 Å². The molecule has 2 N–H and O–H groups in total. The molecule has 1 heterocycles. The minimum atomic E-state index is -1.50. The Morgan fingerprint density at radius 3 is 2.26 bits per heavy atom. The van der Waals surface area contributed by atoms with Gasteiger partial charge in [0.25, 0.3) is 0 Å². The minimum Gasteiger partial charge on any atom is -0.459 e. The van der Waals surface area contributed by atoms with Crippen LogP contribution in [0.25, 0.3) is 10.8 Å². The Kier molecular flexibility index (Phi) is 21.2. The number of carbonyl (C=O) groups is 2. The zero-order valence-electron chi connectivity index (χ0n) is 44.7. The molecule has 11 heteroatoms. The lowest BCUT2D eigenvalue weighted by atomic mass is 9.55. The number of amides is 1. The topological polar surface area (TPSA) is 136 Å². The molecular weight excluding hydrogens is 953 g/mol. The SMILES string of the molecule is C=CCO[C@@]12Oc3ccc(Oc4cccc(C=O)c4)cc3[C@H]3[C@H](CCCCO)[C@@H](CCCCO)C=C(C(=NOCc4ccccc4)C[C@@H]1N(Cc1cccc4ccccc14)C(=O)OCCCCCCCCCCCC)[C@H]32. The van der Waals surface area contributed by atoms with Crippen LogP contribution in [0.3, 0.4) is 0 Å². The molecule has 1 saturated carbocycles. The molecule has 5 aromatic carbocycles. The first-order valence-corrected chi connectivity index (χ1v) is 28.3. The van der Waals surface area contributed by atoms with Gasteiger partial charge in [0.15, 0.2) is 0 Å². The van der Waals surface area contributed by atoms with E-state index < -0.39 is 23.8 Å². The maximum atomic E-state index is 15.4. The highest BCUT2D eigenvalue weighted by Crippen LogP contribution is 2.62. The van der Waals surface area contributed by atoms with Gasteiger partial charge in [-0.05, 0) is 102 Å². The number of benzene rings is 5. The number of hydrogen-bond donors (Lipinski definition) is 2. The van der Waals surface area contributed by atoms with Crippen molar-refractivity contribution in [3.05, 3.63) is 162 Å². The van der Waals surface area contributed by atoms with Crippen molar-refractivity contribution in [3.63, 3.8) is 0 Å². The molecule has 404 valence electrons. The highest BCUT2D eigenvalue weighted by molar-refractivity contribution is 6.03. The number of nitrogens with zero attached hydrogens (tertiary/aromatic N) is 2. The van der Waals surface area contributed by atoms with Gasteiger partial charge in [-0.15, -0.1) is 6.58 Å². The maximum absolute atomic E-state index is 15.4. The Labute approximate surface area is 450 Å². The fourth-order valence-electron chi connectivity index (χ4n) is 12.0. The second kappa shape index (κ2) is 28.7. The van der Waals surface area contributed by atoms with Gasteiger partial charge in [-0.1, -0.05) is 180 Å². The highest BCUT2D eigenvalue weighted by atomic mass is 16.7. The van der Waals surface area contributed by atoms with E-state index in [1.54, 1.807) is 24.3 Å². The van der Waals surface area contributed by atoms with Crippen molar-refractivity contribution in [2.45, 2.75) is 147 Å². The second-order valence-electron chi connectivity index (χ2n) is 20.9. The third-order valence-corrected chi connectivity index (χ3v) is 15.7. The molecule has 5 aromatic rings. The summed E-state index contributed by atoms with van der Waals surface area (Å²) in [7, 11) is 0. The average Bonchev–Trinajstić information content (AvgIpc) is 3.52. The van der Waals surface area contributed by atoms with Crippen molar-refractivity contribution < 1.29 is 43.6 Å². The van der Waals surface area contributed by atoms with Crippen LogP contribution in [0.5, 0.6) is 17.2 Å². The summed E-state index contributed by atoms with van der Waals surface area (Å²) < 4.78 is 27.9. The molecule has 76 heavy (non-hydrogen) atoms. The maximum Gasteiger partial charge on any atom is 0.410 e. The summed E-state index contributed by atoms with van der Waals surface area (Å²) in [5.41, 5.74) is 4.99. The summed E-state index contributed by atoms with van der Waals surface area (Å²) in [5, 5.41) is 27.4. The van der Waals surface area contributed by atoms with E-state index >= 15 is 4.79 Å². The fraction of sp³-hybridized carbons (Fsp3) is 0.462. The Morgan fingerprint density at radius 1 is 0.789 bits per heavy atom. The Balaban J connectivity index is 1.26. The fourth-order valence-corrected chi connectivity index (χ4v) is 12.0. The van der Waals surface area contributed by atoms with Crippen LogP contribution in [-0.2, 0) is 27.5 Å². The highest BCUT2D eigenvalue weighted by Gasteiger charge is 2.66. The number of carbonyl (C=O) groups excluding carboxylic acids is 2. The van der Waals surface area contributed by atoms with Crippen LogP contribution >= 0.6 is 0 Å². The van der Waals surface area contributed by atoms with E-state index in [4.69, 9.17) is 28.9 Å². The van der Waals surface area contributed by atoms with Gasteiger partial charge in [0.2, 0.25) is 5.79 Å². The van der Waals surface area contributed by atoms with Crippen LogP contribution in [0.2, 0.25) is 0 Å². The monoisotopic (exact) mass is 1030 g/mol.